The van der Waals surface area contributed by atoms with Gasteiger partial charge >= 0.3 is 0 Å². The molecule has 2 aromatic rings. The second-order valence-corrected chi connectivity index (χ2v) is 6.71. The Kier molecular flexibility index (Phi) is 5.69. The van der Waals surface area contributed by atoms with Crippen LogP contribution in [-0.2, 0) is 9.53 Å². The molecule has 0 aromatic heterocycles. The van der Waals surface area contributed by atoms with E-state index in [1.54, 1.807) is 24.3 Å². The van der Waals surface area contributed by atoms with Crippen molar-refractivity contribution in [3.63, 3.8) is 0 Å². The molecule has 0 saturated carbocycles. The molecule has 1 atom stereocenters. The Morgan fingerprint density at radius 3 is 2.64 bits per heavy atom. The normalized spacial score (nSPS) is 17.0. The van der Waals surface area contributed by atoms with Gasteiger partial charge < -0.3 is 15.0 Å². The highest BCUT2D eigenvalue weighted by Crippen LogP contribution is 2.24. The topological polar surface area (TPSA) is 65.4 Å². The molecule has 0 radical (unpaired) electrons. The lowest BCUT2D eigenvalue weighted by atomic mass is 10.1. The number of amides is 1. The average molecular weight is 400 g/mol. The van der Waals surface area contributed by atoms with Crippen molar-refractivity contribution in [1.82, 2.24) is 4.90 Å². The second kappa shape index (κ2) is 8.15. The van der Waals surface area contributed by atoms with E-state index in [1.165, 1.54) is 0 Å². The number of nitrogens with zero attached hydrogens (tertiary/aromatic N) is 2. The summed E-state index contributed by atoms with van der Waals surface area (Å²) in [5, 5.41) is 11.9. The molecule has 2 aromatic carbocycles. The first kappa shape index (κ1) is 17.5. The van der Waals surface area contributed by atoms with Gasteiger partial charge in [-0.05, 0) is 42.0 Å². The Morgan fingerprint density at radius 1 is 1.24 bits per heavy atom. The van der Waals surface area contributed by atoms with Crippen LogP contribution in [0.25, 0.3) is 0 Å². The molecule has 0 aliphatic carbocycles. The van der Waals surface area contributed by atoms with Crippen molar-refractivity contribution in [3.8, 4) is 6.07 Å². The van der Waals surface area contributed by atoms with Crippen molar-refractivity contribution in [2.75, 3.05) is 31.6 Å². The molecule has 6 heteroatoms. The summed E-state index contributed by atoms with van der Waals surface area (Å²) in [6.07, 6.45) is -0.0966. The summed E-state index contributed by atoms with van der Waals surface area (Å²) >= 11 is 3.42. The summed E-state index contributed by atoms with van der Waals surface area (Å²) in [5.74, 6) is 0.0368. The molecular formula is C19H18BrN3O2. The number of rotatable bonds is 4. The standard InChI is InChI=1S/C19H18BrN3O2/c20-16-5-3-15(4-6-16)18-13-23(9-10-25-18)19(24)12-22-17-7-1-14(11-21)2-8-17/h1-8,18,22H,9-10,12-13H2. The third-order valence-electron chi connectivity index (χ3n) is 4.12. The van der Waals surface area contributed by atoms with Crippen LogP contribution in [-0.4, -0.2) is 37.0 Å². The molecule has 1 unspecified atom stereocenters. The summed E-state index contributed by atoms with van der Waals surface area (Å²) in [4.78, 5) is 14.3. The maximum absolute atomic E-state index is 12.5. The van der Waals surface area contributed by atoms with Crippen molar-refractivity contribution in [2.45, 2.75) is 6.10 Å². The third kappa shape index (κ3) is 4.59. The maximum atomic E-state index is 12.5. The maximum Gasteiger partial charge on any atom is 0.242 e. The fourth-order valence-corrected chi connectivity index (χ4v) is 2.97. The van der Waals surface area contributed by atoms with Crippen LogP contribution in [0.15, 0.2) is 53.0 Å². The molecule has 128 valence electrons. The van der Waals surface area contributed by atoms with Gasteiger partial charge in [-0.25, -0.2) is 0 Å². The molecule has 0 bridgehead atoms. The highest BCUT2D eigenvalue weighted by Gasteiger charge is 2.25. The first-order valence-electron chi connectivity index (χ1n) is 8.04. The minimum absolute atomic E-state index is 0.0368. The molecule has 1 aliphatic heterocycles. The van der Waals surface area contributed by atoms with Crippen LogP contribution in [0.5, 0.6) is 0 Å². The van der Waals surface area contributed by atoms with E-state index in [0.29, 0.717) is 25.3 Å². The molecule has 1 fully saturated rings. The lowest BCUT2D eigenvalue weighted by Crippen LogP contribution is -2.44. The molecule has 1 heterocycles. The van der Waals surface area contributed by atoms with Crippen molar-refractivity contribution < 1.29 is 9.53 Å². The zero-order valence-electron chi connectivity index (χ0n) is 13.6. The second-order valence-electron chi connectivity index (χ2n) is 5.79. The van der Waals surface area contributed by atoms with Crippen molar-refractivity contribution in [3.05, 3.63) is 64.1 Å². The van der Waals surface area contributed by atoms with E-state index in [1.807, 2.05) is 29.2 Å². The smallest absolute Gasteiger partial charge is 0.242 e. The first-order chi connectivity index (χ1) is 12.2. The number of morpholine rings is 1. The Labute approximate surface area is 155 Å². The number of carbonyl (C=O) groups excluding carboxylic acids is 1. The van der Waals surface area contributed by atoms with E-state index in [4.69, 9.17) is 10.00 Å². The lowest BCUT2D eigenvalue weighted by Gasteiger charge is -2.33. The molecule has 1 amide bonds. The number of benzene rings is 2. The molecule has 5 nitrogen and oxygen atoms in total. The van der Waals surface area contributed by atoms with Gasteiger partial charge in [0.2, 0.25) is 5.91 Å². The van der Waals surface area contributed by atoms with Gasteiger partial charge in [-0.1, -0.05) is 28.1 Å². The number of nitrogens with one attached hydrogen (secondary N) is 1. The van der Waals surface area contributed by atoms with Crippen LogP contribution < -0.4 is 5.32 Å². The van der Waals surface area contributed by atoms with Gasteiger partial charge in [-0.3, -0.25) is 4.79 Å². The van der Waals surface area contributed by atoms with E-state index in [2.05, 4.69) is 27.3 Å². The summed E-state index contributed by atoms with van der Waals surface area (Å²) < 4.78 is 6.83. The number of carbonyl (C=O) groups is 1. The van der Waals surface area contributed by atoms with Gasteiger partial charge in [0.1, 0.15) is 6.10 Å². The van der Waals surface area contributed by atoms with Crippen LogP contribution in [0.3, 0.4) is 0 Å². The molecule has 0 spiro atoms. The molecule has 1 aliphatic rings. The number of halogens is 1. The predicted molar refractivity (Wildman–Crippen MR) is 99.1 cm³/mol. The Balaban J connectivity index is 1.56. The Hall–Kier alpha value is -2.36. The predicted octanol–water partition coefficient (Wildman–Crippen LogP) is 3.33. The fraction of sp³-hybridized carbons (Fsp3) is 0.263. The van der Waals surface area contributed by atoms with Crippen LogP contribution in [0, 0.1) is 11.3 Å². The summed E-state index contributed by atoms with van der Waals surface area (Å²) in [6, 6.07) is 17.1. The fourth-order valence-electron chi connectivity index (χ4n) is 2.71. The third-order valence-corrected chi connectivity index (χ3v) is 4.65. The monoisotopic (exact) mass is 399 g/mol. The minimum Gasteiger partial charge on any atom is -0.376 e. The van der Waals surface area contributed by atoms with Crippen molar-refractivity contribution >= 4 is 27.5 Å². The van der Waals surface area contributed by atoms with Crippen molar-refractivity contribution in [1.29, 1.82) is 5.26 Å². The van der Waals surface area contributed by atoms with Crippen molar-refractivity contribution in [2.24, 2.45) is 0 Å². The Bertz CT molecular complexity index is 769. The van der Waals surface area contributed by atoms with Gasteiger partial charge in [0, 0.05) is 16.7 Å². The van der Waals surface area contributed by atoms with Crippen LogP contribution in [0.2, 0.25) is 0 Å². The average Bonchev–Trinajstić information content (AvgIpc) is 2.67. The highest BCUT2D eigenvalue weighted by atomic mass is 79.9. The van der Waals surface area contributed by atoms with E-state index in [0.717, 1.165) is 15.7 Å². The van der Waals surface area contributed by atoms with Gasteiger partial charge in [0.05, 0.1) is 31.3 Å². The van der Waals surface area contributed by atoms with E-state index in [-0.39, 0.29) is 18.6 Å². The largest absolute Gasteiger partial charge is 0.376 e. The number of ether oxygens (including phenoxy) is 1. The molecule has 3 rings (SSSR count). The van der Waals surface area contributed by atoms with Gasteiger partial charge in [0.25, 0.3) is 0 Å². The Morgan fingerprint density at radius 2 is 1.96 bits per heavy atom. The molecule has 1 saturated heterocycles. The lowest BCUT2D eigenvalue weighted by molar-refractivity contribution is -0.137. The number of nitriles is 1. The van der Waals surface area contributed by atoms with E-state index >= 15 is 0 Å². The summed E-state index contributed by atoms with van der Waals surface area (Å²) in [6.45, 7) is 1.90. The molecule has 1 N–H and O–H groups in total. The minimum atomic E-state index is -0.0966. The van der Waals surface area contributed by atoms with E-state index < -0.39 is 0 Å². The quantitative estimate of drug-likeness (QED) is 0.855. The summed E-state index contributed by atoms with van der Waals surface area (Å²) in [7, 11) is 0. The van der Waals surface area contributed by atoms with E-state index in [9.17, 15) is 4.79 Å². The number of anilines is 1. The summed E-state index contributed by atoms with van der Waals surface area (Å²) in [5.41, 5.74) is 2.49. The van der Waals surface area contributed by atoms with Gasteiger partial charge in [-0.15, -0.1) is 0 Å². The number of hydrogen-bond acceptors (Lipinski definition) is 4. The zero-order valence-corrected chi connectivity index (χ0v) is 15.2. The van der Waals surface area contributed by atoms with Crippen LogP contribution in [0.4, 0.5) is 5.69 Å². The number of hydrogen-bond donors (Lipinski definition) is 1. The van der Waals surface area contributed by atoms with Crippen LogP contribution >= 0.6 is 15.9 Å². The zero-order chi connectivity index (χ0) is 17.6. The van der Waals surface area contributed by atoms with Gasteiger partial charge in [0.15, 0.2) is 0 Å². The molecule has 25 heavy (non-hydrogen) atoms. The highest BCUT2D eigenvalue weighted by molar-refractivity contribution is 9.10. The first-order valence-corrected chi connectivity index (χ1v) is 8.84. The van der Waals surface area contributed by atoms with Gasteiger partial charge in [-0.2, -0.15) is 5.26 Å². The SMILES string of the molecule is N#Cc1ccc(NCC(=O)N2CCOC(c3ccc(Br)cc3)C2)cc1. The van der Waals surface area contributed by atoms with Crippen LogP contribution in [0.1, 0.15) is 17.2 Å². The molecular weight excluding hydrogens is 382 g/mol.